The van der Waals surface area contributed by atoms with Gasteiger partial charge in [0.2, 0.25) is 0 Å². The summed E-state index contributed by atoms with van der Waals surface area (Å²) in [6.07, 6.45) is 1.87. The molecule has 1 aliphatic heterocycles. The van der Waals surface area contributed by atoms with Crippen LogP contribution in [0.3, 0.4) is 0 Å². The summed E-state index contributed by atoms with van der Waals surface area (Å²) >= 11 is 1.57. The van der Waals surface area contributed by atoms with Crippen LogP contribution in [0.4, 0.5) is 0 Å². The van der Waals surface area contributed by atoms with E-state index in [4.69, 9.17) is 10.5 Å². The largest absolute Gasteiger partial charge is 0.381 e. The fourth-order valence-electron chi connectivity index (χ4n) is 2.42. The quantitative estimate of drug-likeness (QED) is 0.926. The van der Waals surface area contributed by atoms with E-state index in [1.807, 2.05) is 0 Å². The van der Waals surface area contributed by atoms with Gasteiger partial charge in [-0.1, -0.05) is 20.8 Å². The summed E-state index contributed by atoms with van der Waals surface area (Å²) in [5.74, 6) is 0.220. The lowest BCUT2D eigenvalue weighted by Gasteiger charge is -2.34. The predicted octanol–water partition coefficient (Wildman–Crippen LogP) is 2.31. The van der Waals surface area contributed by atoms with Crippen LogP contribution >= 0.6 is 11.3 Å². The van der Waals surface area contributed by atoms with Gasteiger partial charge in [-0.15, -0.1) is 11.3 Å². The lowest BCUT2D eigenvalue weighted by molar-refractivity contribution is -0.132. The van der Waals surface area contributed by atoms with Gasteiger partial charge >= 0.3 is 0 Å². The summed E-state index contributed by atoms with van der Waals surface area (Å²) < 4.78 is 5.35. The van der Waals surface area contributed by atoms with E-state index in [2.05, 4.69) is 31.1 Å². The maximum atomic E-state index is 12.6. The SMILES string of the molecule is CC(C)(C)c1csc(CC(=O)C2(CN)CCOCC2)n1. The summed E-state index contributed by atoms with van der Waals surface area (Å²) in [5.41, 5.74) is 6.56. The molecule has 2 N–H and O–H groups in total. The van der Waals surface area contributed by atoms with Crippen LogP contribution in [0.15, 0.2) is 5.38 Å². The van der Waals surface area contributed by atoms with E-state index in [1.165, 1.54) is 0 Å². The number of hydrogen-bond donors (Lipinski definition) is 1. The topological polar surface area (TPSA) is 65.2 Å². The van der Waals surface area contributed by atoms with Gasteiger partial charge in [-0.3, -0.25) is 4.79 Å². The molecule has 0 amide bonds. The molecule has 0 atom stereocenters. The van der Waals surface area contributed by atoms with Crippen molar-refractivity contribution in [3.05, 3.63) is 16.1 Å². The number of carbonyl (C=O) groups excluding carboxylic acids is 1. The number of nitrogens with two attached hydrogens (primary N) is 1. The van der Waals surface area contributed by atoms with Gasteiger partial charge in [-0.2, -0.15) is 0 Å². The molecule has 0 radical (unpaired) electrons. The first-order valence-corrected chi connectivity index (χ1v) is 8.01. The van der Waals surface area contributed by atoms with Crippen molar-refractivity contribution in [3.8, 4) is 0 Å². The molecule has 1 fully saturated rings. The molecule has 0 saturated carbocycles. The standard InChI is InChI=1S/C15H24N2O2S/c1-14(2,3)11-9-20-13(17-11)8-12(18)15(10-16)4-6-19-7-5-15/h9H,4-8,10,16H2,1-3H3. The Morgan fingerprint density at radius 3 is 2.60 bits per heavy atom. The minimum atomic E-state index is -0.397. The molecule has 0 aromatic carbocycles. The smallest absolute Gasteiger partial charge is 0.147 e. The number of ether oxygens (including phenoxy) is 1. The summed E-state index contributed by atoms with van der Waals surface area (Å²) in [5, 5.41) is 2.96. The van der Waals surface area contributed by atoms with Crippen molar-refractivity contribution in [1.82, 2.24) is 4.98 Å². The zero-order chi connectivity index (χ0) is 14.8. The van der Waals surface area contributed by atoms with Crippen molar-refractivity contribution in [1.29, 1.82) is 0 Å². The minimum Gasteiger partial charge on any atom is -0.381 e. The fourth-order valence-corrected chi connectivity index (χ4v) is 3.44. The van der Waals surface area contributed by atoms with E-state index in [0.29, 0.717) is 26.2 Å². The van der Waals surface area contributed by atoms with Crippen molar-refractivity contribution in [2.45, 2.75) is 45.4 Å². The number of thiazole rings is 1. The van der Waals surface area contributed by atoms with Gasteiger partial charge in [0.25, 0.3) is 0 Å². The van der Waals surface area contributed by atoms with Crippen molar-refractivity contribution in [2.75, 3.05) is 19.8 Å². The highest BCUT2D eigenvalue weighted by Crippen LogP contribution is 2.32. The Kier molecular flexibility index (Phi) is 4.62. The van der Waals surface area contributed by atoms with Crippen LogP contribution in [0.1, 0.15) is 44.3 Å². The Bertz CT molecular complexity index is 470. The Morgan fingerprint density at radius 2 is 2.10 bits per heavy atom. The predicted molar refractivity (Wildman–Crippen MR) is 81.1 cm³/mol. The Hall–Kier alpha value is -0.780. The molecule has 1 saturated heterocycles. The molecule has 0 bridgehead atoms. The molecule has 2 rings (SSSR count). The second-order valence-electron chi connectivity index (χ2n) is 6.57. The number of nitrogens with zero attached hydrogens (tertiary/aromatic N) is 1. The average molecular weight is 296 g/mol. The molecule has 0 unspecified atom stereocenters. The minimum absolute atomic E-state index is 0.0298. The van der Waals surface area contributed by atoms with Crippen LogP contribution in [-0.2, 0) is 21.4 Å². The van der Waals surface area contributed by atoms with E-state index in [-0.39, 0.29) is 11.2 Å². The number of ketones is 1. The molecule has 1 aliphatic rings. The van der Waals surface area contributed by atoms with E-state index in [1.54, 1.807) is 11.3 Å². The molecule has 4 nitrogen and oxygen atoms in total. The van der Waals surface area contributed by atoms with E-state index in [0.717, 1.165) is 23.5 Å². The van der Waals surface area contributed by atoms with Crippen molar-refractivity contribution in [3.63, 3.8) is 0 Å². The van der Waals surface area contributed by atoms with Gasteiger partial charge in [-0.25, -0.2) is 4.98 Å². The molecule has 112 valence electrons. The third-order valence-corrected chi connectivity index (χ3v) is 4.91. The molecule has 0 spiro atoms. The maximum absolute atomic E-state index is 12.6. The maximum Gasteiger partial charge on any atom is 0.147 e. The molecule has 1 aromatic heterocycles. The summed E-state index contributed by atoms with van der Waals surface area (Å²) in [7, 11) is 0. The monoisotopic (exact) mass is 296 g/mol. The van der Waals surface area contributed by atoms with Gasteiger partial charge < -0.3 is 10.5 Å². The number of aromatic nitrogens is 1. The van der Waals surface area contributed by atoms with Crippen LogP contribution in [0.5, 0.6) is 0 Å². The molecular weight excluding hydrogens is 272 g/mol. The second kappa shape index (κ2) is 5.92. The normalized spacial score (nSPS) is 19.0. The van der Waals surface area contributed by atoms with Crippen LogP contribution in [-0.4, -0.2) is 30.5 Å². The highest BCUT2D eigenvalue weighted by atomic mass is 32.1. The van der Waals surface area contributed by atoms with Gasteiger partial charge in [0, 0.05) is 36.0 Å². The zero-order valence-electron chi connectivity index (χ0n) is 12.6. The highest BCUT2D eigenvalue weighted by molar-refractivity contribution is 7.09. The zero-order valence-corrected chi connectivity index (χ0v) is 13.4. The number of Topliss-reactive ketones (excluding diaryl/α,β-unsaturated/α-hetero) is 1. The lowest BCUT2D eigenvalue weighted by Crippen LogP contribution is -2.44. The number of hydrogen-bond acceptors (Lipinski definition) is 5. The Balaban J connectivity index is 2.09. The Morgan fingerprint density at radius 1 is 1.45 bits per heavy atom. The fraction of sp³-hybridized carbons (Fsp3) is 0.733. The molecule has 0 aliphatic carbocycles. The summed E-state index contributed by atoms with van der Waals surface area (Å²) in [6.45, 7) is 8.07. The van der Waals surface area contributed by atoms with Crippen molar-refractivity contribution < 1.29 is 9.53 Å². The lowest BCUT2D eigenvalue weighted by atomic mass is 9.75. The summed E-state index contributed by atoms with van der Waals surface area (Å²) in [6, 6.07) is 0. The van der Waals surface area contributed by atoms with E-state index in [9.17, 15) is 4.79 Å². The third kappa shape index (κ3) is 3.27. The van der Waals surface area contributed by atoms with Crippen LogP contribution in [0.25, 0.3) is 0 Å². The van der Waals surface area contributed by atoms with Crippen LogP contribution in [0, 0.1) is 5.41 Å². The first-order chi connectivity index (χ1) is 9.37. The van der Waals surface area contributed by atoms with E-state index < -0.39 is 5.41 Å². The van der Waals surface area contributed by atoms with Crippen molar-refractivity contribution >= 4 is 17.1 Å². The van der Waals surface area contributed by atoms with Gasteiger partial charge in [0.1, 0.15) is 10.8 Å². The second-order valence-corrected chi connectivity index (χ2v) is 7.52. The van der Waals surface area contributed by atoms with Gasteiger partial charge in [-0.05, 0) is 12.8 Å². The number of rotatable bonds is 4. The first-order valence-electron chi connectivity index (χ1n) is 7.13. The van der Waals surface area contributed by atoms with Gasteiger partial charge in [0.05, 0.1) is 12.1 Å². The summed E-state index contributed by atoms with van der Waals surface area (Å²) in [4.78, 5) is 17.2. The third-order valence-electron chi connectivity index (χ3n) is 4.06. The Labute approximate surface area is 124 Å². The van der Waals surface area contributed by atoms with Crippen molar-refractivity contribution in [2.24, 2.45) is 11.1 Å². The van der Waals surface area contributed by atoms with Gasteiger partial charge in [0.15, 0.2) is 0 Å². The molecular formula is C15H24N2O2S. The van der Waals surface area contributed by atoms with E-state index >= 15 is 0 Å². The highest BCUT2D eigenvalue weighted by Gasteiger charge is 2.38. The average Bonchev–Trinajstić information content (AvgIpc) is 2.88. The molecule has 20 heavy (non-hydrogen) atoms. The van der Waals surface area contributed by atoms with Crippen LogP contribution < -0.4 is 5.73 Å². The molecule has 2 heterocycles. The number of carbonyl (C=O) groups is 1. The molecule has 5 heteroatoms. The molecule has 1 aromatic rings. The first kappa shape index (κ1) is 15.6. The van der Waals surface area contributed by atoms with Crippen LogP contribution in [0.2, 0.25) is 0 Å².